The Bertz CT molecular complexity index is 2480. The smallest absolute Gasteiger partial charge is 0.359 e. The molecule has 2 heterocycles. The number of aliphatic hydroxyl groups is 1. The van der Waals surface area contributed by atoms with Crippen LogP contribution in [0.5, 0.6) is 0 Å². The summed E-state index contributed by atoms with van der Waals surface area (Å²) in [4.78, 5) is 30.8. The Labute approximate surface area is 355 Å². The van der Waals surface area contributed by atoms with Gasteiger partial charge in [0, 0.05) is 18.7 Å². The molecule has 312 valence electrons. The molecular weight excluding hydrogens is 769 g/mol. The maximum Gasteiger partial charge on any atom is 0.359 e. The molecule has 0 unspecified atom stereocenters. The van der Waals surface area contributed by atoms with Crippen LogP contribution in [0.4, 0.5) is 0 Å². The van der Waals surface area contributed by atoms with Gasteiger partial charge in [0.05, 0.1) is 5.41 Å². The molecule has 0 saturated carbocycles. The van der Waals surface area contributed by atoms with Crippen LogP contribution in [-0.4, -0.2) is 60.2 Å². The highest BCUT2D eigenvalue weighted by Crippen LogP contribution is 2.43. The minimum absolute atomic E-state index is 0.0361. The van der Waals surface area contributed by atoms with E-state index >= 15 is 0 Å². The largest absolute Gasteiger partial charge is 0.427 e. The first-order chi connectivity index (χ1) is 29.3. The highest BCUT2D eigenvalue weighted by atomic mass is 16.7. The van der Waals surface area contributed by atoms with Crippen molar-refractivity contribution < 1.29 is 28.9 Å². The summed E-state index contributed by atoms with van der Waals surface area (Å²) in [5.74, 6) is -0.312. The van der Waals surface area contributed by atoms with E-state index in [1.54, 1.807) is 39.2 Å². The predicted molar refractivity (Wildman–Crippen MR) is 231 cm³/mol. The minimum atomic E-state index is -1.51. The number of nitrogens with zero attached hydrogens (tertiary/aromatic N) is 6. The first-order valence-corrected chi connectivity index (χ1v) is 20.2. The molecule has 0 amide bonds. The van der Waals surface area contributed by atoms with Gasteiger partial charge in [-0.2, -0.15) is 0 Å². The molecule has 5 aromatic carbocycles. The van der Waals surface area contributed by atoms with Gasteiger partial charge >= 0.3 is 11.9 Å². The molecule has 0 bridgehead atoms. The molecule has 12 nitrogen and oxygen atoms in total. The number of benzene rings is 5. The van der Waals surface area contributed by atoms with E-state index in [1.165, 1.54) is 0 Å². The topological polar surface area (TPSA) is 143 Å². The van der Waals surface area contributed by atoms with Crippen LogP contribution in [0, 0.1) is 5.41 Å². The van der Waals surface area contributed by atoms with Gasteiger partial charge in [-0.05, 0) is 85.3 Å². The van der Waals surface area contributed by atoms with Gasteiger partial charge in [-0.3, -0.25) is 4.79 Å². The Morgan fingerprint density at radius 1 is 0.689 bits per heavy atom. The van der Waals surface area contributed by atoms with Crippen LogP contribution >= 0.6 is 0 Å². The lowest BCUT2D eigenvalue weighted by Crippen LogP contribution is -2.39. The summed E-state index contributed by atoms with van der Waals surface area (Å²) in [7, 11) is 0. The van der Waals surface area contributed by atoms with Gasteiger partial charge in [0.1, 0.15) is 29.3 Å². The van der Waals surface area contributed by atoms with Crippen molar-refractivity contribution >= 4 is 11.9 Å². The van der Waals surface area contributed by atoms with E-state index in [0.29, 0.717) is 18.3 Å². The summed E-state index contributed by atoms with van der Waals surface area (Å²) < 4.78 is 20.0. The van der Waals surface area contributed by atoms with Gasteiger partial charge in [0.15, 0.2) is 11.5 Å². The Hall–Kier alpha value is -6.76. The third-order valence-corrected chi connectivity index (χ3v) is 10.4. The number of esters is 2. The number of carbonyl (C=O) groups excluding carboxylic acids is 2. The molecule has 0 spiro atoms. The van der Waals surface area contributed by atoms with Crippen LogP contribution in [0.2, 0.25) is 0 Å². The van der Waals surface area contributed by atoms with E-state index in [4.69, 9.17) is 24.5 Å². The molecule has 0 aliphatic carbocycles. The third kappa shape index (κ3) is 8.77. The molecule has 2 aromatic heterocycles. The lowest BCUT2D eigenvalue weighted by molar-refractivity contribution is -0.161. The Morgan fingerprint density at radius 2 is 1.23 bits per heavy atom. The summed E-state index contributed by atoms with van der Waals surface area (Å²) in [6, 6.07) is 46.8. The number of imidazole rings is 1. The average molecular weight is 819 g/mol. The first kappa shape index (κ1) is 42.4. The monoisotopic (exact) mass is 818 g/mol. The second-order valence-electron chi connectivity index (χ2n) is 16.2. The summed E-state index contributed by atoms with van der Waals surface area (Å²) in [6.07, 6.45) is 0. The van der Waals surface area contributed by atoms with Crippen molar-refractivity contribution in [2.45, 2.75) is 65.8 Å². The maximum absolute atomic E-state index is 13.8. The second-order valence-corrected chi connectivity index (χ2v) is 16.2. The molecule has 0 fully saturated rings. The van der Waals surface area contributed by atoms with E-state index in [-0.39, 0.29) is 24.5 Å². The lowest BCUT2D eigenvalue weighted by Gasteiger charge is -2.36. The van der Waals surface area contributed by atoms with Crippen LogP contribution in [0.25, 0.3) is 22.5 Å². The fraction of sp³-hybridized carbons (Fsp3) is 0.265. The summed E-state index contributed by atoms with van der Waals surface area (Å²) >= 11 is 0. The van der Waals surface area contributed by atoms with E-state index in [0.717, 1.165) is 38.9 Å². The van der Waals surface area contributed by atoms with Crippen molar-refractivity contribution in [1.82, 2.24) is 29.8 Å². The third-order valence-electron chi connectivity index (χ3n) is 10.4. The maximum atomic E-state index is 13.8. The Kier molecular flexibility index (Phi) is 12.4. The Balaban J connectivity index is 1.28. The highest BCUT2D eigenvalue weighted by molar-refractivity contribution is 5.89. The molecule has 7 aromatic rings. The normalized spacial score (nSPS) is 12.0. The zero-order valence-electron chi connectivity index (χ0n) is 35.3. The zero-order valence-corrected chi connectivity index (χ0v) is 35.3. The van der Waals surface area contributed by atoms with Crippen LogP contribution < -0.4 is 0 Å². The Morgan fingerprint density at radius 3 is 1.75 bits per heavy atom. The molecule has 61 heavy (non-hydrogen) atoms. The molecule has 7 rings (SSSR count). The van der Waals surface area contributed by atoms with Crippen molar-refractivity contribution in [1.29, 1.82) is 0 Å². The zero-order chi connectivity index (χ0) is 43.2. The number of carbonyl (C=O) groups is 2. The fourth-order valence-electron chi connectivity index (χ4n) is 7.42. The van der Waals surface area contributed by atoms with E-state index in [2.05, 4.69) is 46.6 Å². The number of ether oxygens (including phenoxy) is 3. The van der Waals surface area contributed by atoms with Crippen LogP contribution in [0.15, 0.2) is 140 Å². The fourth-order valence-corrected chi connectivity index (χ4v) is 7.42. The van der Waals surface area contributed by atoms with Gasteiger partial charge in [0.25, 0.3) is 0 Å². The molecule has 0 aliphatic rings. The second kappa shape index (κ2) is 17.8. The van der Waals surface area contributed by atoms with Gasteiger partial charge in [-0.1, -0.05) is 140 Å². The summed E-state index contributed by atoms with van der Waals surface area (Å²) in [5.41, 5.74) is 3.40. The van der Waals surface area contributed by atoms with E-state index < -0.39 is 35.3 Å². The summed E-state index contributed by atoms with van der Waals surface area (Å²) in [6.45, 7) is 10.2. The molecule has 0 aliphatic heterocycles. The summed E-state index contributed by atoms with van der Waals surface area (Å²) in [5, 5.41) is 24.9. The number of hydrogen-bond acceptors (Lipinski definition) is 10. The number of rotatable bonds is 15. The first-order valence-electron chi connectivity index (χ1n) is 20.2. The van der Waals surface area contributed by atoms with Crippen LogP contribution in [0.1, 0.15) is 85.8 Å². The number of hydrogen-bond donors (Lipinski definition) is 1. The number of tetrazole rings is 1. The predicted octanol–water partition coefficient (Wildman–Crippen LogP) is 8.56. The van der Waals surface area contributed by atoms with Gasteiger partial charge in [-0.15, -0.1) is 5.10 Å². The van der Waals surface area contributed by atoms with E-state index in [1.807, 2.05) is 115 Å². The molecule has 12 heteroatoms. The molecule has 1 N–H and O–H groups in total. The van der Waals surface area contributed by atoms with Crippen molar-refractivity contribution in [3.63, 3.8) is 0 Å². The minimum Gasteiger partial charge on any atom is -0.427 e. The molecule has 0 atom stereocenters. The van der Waals surface area contributed by atoms with E-state index in [9.17, 15) is 14.7 Å². The highest BCUT2D eigenvalue weighted by Gasteiger charge is 2.42. The SMILES string of the molecule is CCOCc1nc(C(C)(C)O)c(C(=O)OCOC(=O)C(C)(C)C)n1Cc1ccc(-c2ccccc2-c2nnnn2C(c2ccccc2)(c2ccccc2)c2ccccc2)cc1. The van der Waals surface area contributed by atoms with Crippen molar-refractivity contribution in [3.05, 3.63) is 179 Å². The number of aromatic nitrogens is 6. The average Bonchev–Trinajstić information content (AvgIpc) is 3.90. The van der Waals surface area contributed by atoms with Crippen molar-refractivity contribution in [2.24, 2.45) is 5.41 Å². The molecule has 0 radical (unpaired) electrons. The van der Waals surface area contributed by atoms with Gasteiger partial charge < -0.3 is 23.9 Å². The standard InChI is InChI=1S/C49H50N6O6/c1-7-59-32-41-50-43(48(5,6)58)42(45(56)60-33-61-46(57)47(2,3)4)54(41)31-34-27-29-35(30-28-34)39-25-17-18-26-40(39)44-51-52-53-55(44)49(36-19-11-8-12-20-36,37-21-13-9-14-22-37)38-23-15-10-16-24-38/h8-30,58H,7,31-33H2,1-6H3. The van der Waals surface area contributed by atoms with Crippen molar-refractivity contribution in [3.8, 4) is 22.5 Å². The van der Waals surface area contributed by atoms with Gasteiger partial charge in [0.2, 0.25) is 6.79 Å². The van der Waals surface area contributed by atoms with Crippen molar-refractivity contribution in [2.75, 3.05) is 13.4 Å². The lowest BCUT2D eigenvalue weighted by atomic mass is 9.77. The van der Waals surface area contributed by atoms with Gasteiger partial charge in [-0.25, -0.2) is 14.5 Å². The molecule has 0 saturated heterocycles. The quantitative estimate of drug-likeness (QED) is 0.0607. The molecular formula is C49H50N6O6. The van der Waals surface area contributed by atoms with Crippen LogP contribution in [0.3, 0.4) is 0 Å². The van der Waals surface area contributed by atoms with Crippen LogP contribution in [-0.2, 0) is 43.3 Å².